The summed E-state index contributed by atoms with van der Waals surface area (Å²) < 4.78 is 10.8. The predicted octanol–water partition coefficient (Wildman–Crippen LogP) is 4.76. The van der Waals surface area contributed by atoms with Crippen LogP contribution in [0.3, 0.4) is 0 Å². The summed E-state index contributed by atoms with van der Waals surface area (Å²) in [6.45, 7) is 2.55. The van der Waals surface area contributed by atoms with Crippen LogP contribution in [0, 0.1) is 0 Å². The van der Waals surface area contributed by atoms with Crippen molar-refractivity contribution >= 4 is 29.2 Å². The van der Waals surface area contributed by atoms with E-state index >= 15 is 0 Å². The molecule has 24 heavy (non-hydrogen) atoms. The maximum Gasteiger partial charge on any atom is 0.336 e. The van der Waals surface area contributed by atoms with Gasteiger partial charge in [0.05, 0.1) is 19.3 Å². The van der Waals surface area contributed by atoms with Crippen LogP contribution < -0.4 is 9.47 Å². The molecule has 0 radical (unpaired) electrons. The van der Waals surface area contributed by atoms with Gasteiger partial charge in [-0.2, -0.15) is 0 Å². The number of carbonyl (C=O) groups is 1. The molecule has 0 spiro atoms. The van der Waals surface area contributed by atoms with E-state index in [1.165, 1.54) is 7.11 Å². The van der Waals surface area contributed by atoms with Crippen LogP contribution in [0.25, 0.3) is 11.6 Å². The zero-order valence-electron chi connectivity index (χ0n) is 13.6. The van der Waals surface area contributed by atoms with Crippen molar-refractivity contribution in [2.75, 3.05) is 13.7 Å². The monoisotopic (exact) mass is 346 g/mol. The van der Waals surface area contributed by atoms with Crippen LogP contribution in [0.5, 0.6) is 11.5 Å². The van der Waals surface area contributed by atoms with Gasteiger partial charge in [0, 0.05) is 10.6 Å². The Morgan fingerprint density at radius 1 is 1.25 bits per heavy atom. The summed E-state index contributed by atoms with van der Waals surface area (Å²) in [4.78, 5) is 11.7. The number of carboxylic acid groups (broad SMARTS) is 1. The second-order valence-electron chi connectivity index (χ2n) is 5.13. The van der Waals surface area contributed by atoms with Crippen molar-refractivity contribution in [1.82, 2.24) is 0 Å². The molecule has 0 saturated carbocycles. The number of carboxylic acids is 1. The third kappa shape index (κ3) is 4.52. The van der Waals surface area contributed by atoms with E-state index < -0.39 is 5.97 Å². The zero-order chi connectivity index (χ0) is 17.5. The molecule has 2 aromatic carbocycles. The van der Waals surface area contributed by atoms with Crippen LogP contribution in [0.1, 0.15) is 24.5 Å². The van der Waals surface area contributed by atoms with Gasteiger partial charge in [0.2, 0.25) is 0 Å². The number of rotatable bonds is 7. The first kappa shape index (κ1) is 17.9. The summed E-state index contributed by atoms with van der Waals surface area (Å²) >= 11 is 6.06. The number of aliphatic carboxylic acids is 1. The minimum absolute atomic E-state index is 0.137. The molecule has 0 amide bonds. The smallest absolute Gasteiger partial charge is 0.336 e. The lowest BCUT2D eigenvalue weighted by atomic mass is 10.0. The van der Waals surface area contributed by atoms with Crippen LogP contribution in [0.4, 0.5) is 0 Å². The Hall–Kier alpha value is -2.46. The van der Waals surface area contributed by atoms with E-state index in [9.17, 15) is 9.90 Å². The highest BCUT2D eigenvalue weighted by Gasteiger charge is 2.13. The molecule has 2 rings (SSSR count). The molecule has 2 aromatic rings. The van der Waals surface area contributed by atoms with Crippen LogP contribution in [0.15, 0.2) is 42.5 Å². The lowest BCUT2D eigenvalue weighted by Gasteiger charge is -2.11. The van der Waals surface area contributed by atoms with Gasteiger partial charge in [-0.05, 0) is 48.4 Å². The number of benzene rings is 2. The standard InChI is InChI=1S/C19H19ClO4/c1-3-9-24-18-8-7-15(20)10-14(18)12-17(19(21)22)13-5-4-6-16(11-13)23-2/h4-8,10-12H,3,9H2,1-2H3,(H,21,22)/b17-12-. The van der Waals surface area contributed by atoms with Crippen molar-refractivity contribution < 1.29 is 19.4 Å². The lowest BCUT2D eigenvalue weighted by molar-refractivity contribution is -0.130. The molecule has 1 N–H and O–H groups in total. The van der Waals surface area contributed by atoms with Crippen molar-refractivity contribution in [3.05, 3.63) is 58.6 Å². The summed E-state index contributed by atoms with van der Waals surface area (Å²) in [6, 6.07) is 12.1. The summed E-state index contributed by atoms with van der Waals surface area (Å²) in [5.74, 6) is 0.153. The number of hydrogen-bond acceptors (Lipinski definition) is 3. The van der Waals surface area contributed by atoms with E-state index in [0.29, 0.717) is 34.3 Å². The molecule has 0 fully saturated rings. The van der Waals surface area contributed by atoms with Crippen molar-refractivity contribution in [3.63, 3.8) is 0 Å². The summed E-state index contributed by atoms with van der Waals surface area (Å²) in [5.41, 5.74) is 1.30. The summed E-state index contributed by atoms with van der Waals surface area (Å²) in [6.07, 6.45) is 2.42. The molecule has 0 aliphatic carbocycles. The molecule has 0 aliphatic heterocycles. The molecule has 0 heterocycles. The molecule has 4 nitrogen and oxygen atoms in total. The topological polar surface area (TPSA) is 55.8 Å². The first-order chi connectivity index (χ1) is 11.5. The minimum Gasteiger partial charge on any atom is -0.497 e. The third-order valence-electron chi connectivity index (χ3n) is 3.34. The maximum absolute atomic E-state index is 11.7. The quantitative estimate of drug-likeness (QED) is 0.580. The van der Waals surface area contributed by atoms with Crippen LogP contribution in [-0.4, -0.2) is 24.8 Å². The lowest BCUT2D eigenvalue weighted by Crippen LogP contribution is -2.01. The van der Waals surface area contributed by atoms with Gasteiger partial charge in [-0.25, -0.2) is 4.79 Å². The van der Waals surface area contributed by atoms with Crippen molar-refractivity contribution in [3.8, 4) is 11.5 Å². The average Bonchev–Trinajstić information content (AvgIpc) is 2.58. The predicted molar refractivity (Wildman–Crippen MR) is 95.7 cm³/mol. The fourth-order valence-corrected chi connectivity index (χ4v) is 2.37. The number of hydrogen-bond donors (Lipinski definition) is 1. The molecule has 0 bridgehead atoms. The van der Waals surface area contributed by atoms with E-state index in [1.807, 2.05) is 6.92 Å². The van der Waals surface area contributed by atoms with E-state index in [1.54, 1.807) is 48.5 Å². The normalized spacial score (nSPS) is 11.2. The molecule has 0 saturated heterocycles. The van der Waals surface area contributed by atoms with E-state index in [4.69, 9.17) is 21.1 Å². The molecular formula is C19H19ClO4. The Bertz CT molecular complexity index is 753. The summed E-state index contributed by atoms with van der Waals surface area (Å²) in [5, 5.41) is 10.1. The van der Waals surface area contributed by atoms with Gasteiger partial charge >= 0.3 is 5.97 Å². The maximum atomic E-state index is 11.7. The van der Waals surface area contributed by atoms with E-state index in [-0.39, 0.29) is 5.57 Å². The Labute approximate surface area is 146 Å². The Morgan fingerprint density at radius 2 is 2.04 bits per heavy atom. The molecule has 0 atom stereocenters. The first-order valence-electron chi connectivity index (χ1n) is 7.57. The largest absolute Gasteiger partial charge is 0.497 e. The second kappa shape index (κ2) is 8.41. The number of halogens is 1. The van der Waals surface area contributed by atoms with Crippen LogP contribution in [0.2, 0.25) is 5.02 Å². The zero-order valence-corrected chi connectivity index (χ0v) is 14.3. The van der Waals surface area contributed by atoms with Gasteiger partial charge in [-0.15, -0.1) is 0 Å². The Morgan fingerprint density at radius 3 is 2.71 bits per heavy atom. The van der Waals surface area contributed by atoms with Crippen molar-refractivity contribution in [2.24, 2.45) is 0 Å². The van der Waals surface area contributed by atoms with Crippen molar-refractivity contribution in [2.45, 2.75) is 13.3 Å². The molecule has 0 aromatic heterocycles. The fraction of sp³-hybridized carbons (Fsp3) is 0.211. The van der Waals surface area contributed by atoms with E-state index in [0.717, 1.165) is 6.42 Å². The summed E-state index contributed by atoms with van der Waals surface area (Å²) in [7, 11) is 1.54. The SMILES string of the molecule is CCCOc1ccc(Cl)cc1/C=C(\C(=O)O)c1cccc(OC)c1. The second-order valence-corrected chi connectivity index (χ2v) is 5.56. The molecule has 0 unspecified atom stereocenters. The number of ether oxygens (including phenoxy) is 2. The van der Waals surface area contributed by atoms with Gasteiger partial charge in [0.15, 0.2) is 0 Å². The van der Waals surface area contributed by atoms with Gasteiger partial charge in [-0.1, -0.05) is 30.7 Å². The first-order valence-corrected chi connectivity index (χ1v) is 7.94. The average molecular weight is 347 g/mol. The van der Waals surface area contributed by atoms with Gasteiger partial charge in [0.25, 0.3) is 0 Å². The van der Waals surface area contributed by atoms with Gasteiger partial charge < -0.3 is 14.6 Å². The minimum atomic E-state index is -1.04. The Kier molecular flexibility index (Phi) is 6.27. The Balaban J connectivity index is 2.51. The highest BCUT2D eigenvalue weighted by molar-refractivity contribution is 6.31. The number of methoxy groups -OCH3 is 1. The molecule has 5 heteroatoms. The van der Waals surface area contributed by atoms with Crippen LogP contribution >= 0.6 is 11.6 Å². The van der Waals surface area contributed by atoms with Crippen molar-refractivity contribution in [1.29, 1.82) is 0 Å². The highest BCUT2D eigenvalue weighted by atomic mass is 35.5. The molecular weight excluding hydrogens is 328 g/mol. The van der Waals surface area contributed by atoms with Crippen LogP contribution in [-0.2, 0) is 4.79 Å². The highest BCUT2D eigenvalue weighted by Crippen LogP contribution is 2.29. The van der Waals surface area contributed by atoms with E-state index in [2.05, 4.69) is 0 Å². The molecule has 0 aliphatic rings. The fourth-order valence-electron chi connectivity index (χ4n) is 2.19. The third-order valence-corrected chi connectivity index (χ3v) is 3.58. The molecule has 126 valence electrons. The van der Waals surface area contributed by atoms with Gasteiger partial charge in [0.1, 0.15) is 11.5 Å². The van der Waals surface area contributed by atoms with Gasteiger partial charge in [-0.3, -0.25) is 0 Å².